The van der Waals surface area contributed by atoms with E-state index in [1.807, 2.05) is 6.92 Å². The van der Waals surface area contributed by atoms with Gasteiger partial charge in [0.15, 0.2) is 0 Å². The number of hydrogen-bond donors (Lipinski definition) is 5. The Morgan fingerprint density at radius 2 is 1.46 bits per heavy atom. The number of alkyl halides is 3. The molecule has 1 saturated heterocycles. The highest BCUT2D eigenvalue weighted by molar-refractivity contribution is 5.75. The van der Waals surface area contributed by atoms with Crippen molar-refractivity contribution in [1.29, 1.82) is 0 Å². The SMILES string of the molecule is CCOc1ccc(C(F)(F)F)cc1CN1CC[C@@H](CN)C1.O=C(O)CCC(=O)O.O=C(O)CCC(=O)O. The third kappa shape index (κ3) is 16.1. The zero-order chi connectivity index (χ0) is 28.6. The van der Waals surface area contributed by atoms with Crippen molar-refractivity contribution in [2.75, 3.05) is 26.2 Å². The van der Waals surface area contributed by atoms with Gasteiger partial charge in [-0.15, -0.1) is 0 Å². The standard InChI is InChI=1S/C15H21F3N2O.2C4H6O4/c1-2-21-14-4-3-13(15(16,17)18)7-12(14)10-20-6-5-11(8-19)9-20;2*5-3(6)1-2-4(7)8/h3-4,7,11H,2,5-6,8-10,19H2,1H3;2*1-2H2,(H,5,6)(H,7,8)/t11-;;/m0../s1. The van der Waals surface area contributed by atoms with Gasteiger partial charge in [0, 0.05) is 18.7 Å². The smallest absolute Gasteiger partial charge is 0.416 e. The lowest BCUT2D eigenvalue weighted by Gasteiger charge is -2.19. The molecule has 1 atom stereocenters. The summed E-state index contributed by atoms with van der Waals surface area (Å²) in [5.74, 6) is -3.34. The number of aliphatic carboxylic acids is 4. The Hall–Kier alpha value is -3.39. The summed E-state index contributed by atoms with van der Waals surface area (Å²) >= 11 is 0. The summed E-state index contributed by atoms with van der Waals surface area (Å²) in [5.41, 5.74) is 5.61. The van der Waals surface area contributed by atoms with E-state index in [0.29, 0.717) is 36.9 Å². The van der Waals surface area contributed by atoms with Gasteiger partial charge in [0.1, 0.15) is 5.75 Å². The first-order valence-electron chi connectivity index (χ1n) is 11.3. The van der Waals surface area contributed by atoms with Gasteiger partial charge in [0.25, 0.3) is 0 Å². The number of carbonyl (C=O) groups is 4. The number of carboxylic acids is 4. The van der Waals surface area contributed by atoms with Gasteiger partial charge >= 0.3 is 30.1 Å². The van der Waals surface area contributed by atoms with Crippen molar-refractivity contribution < 1.29 is 57.5 Å². The highest BCUT2D eigenvalue weighted by Gasteiger charge is 2.31. The third-order valence-electron chi connectivity index (χ3n) is 4.89. The molecule has 0 aliphatic carbocycles. The van der Waals surface area contributed by atoms with Crippen LogP contribution in [0.3, 0.4) is 0 Å². The molecular weight excluding hydrogens is 505 g/mol. The van der Waals surface area contributed by atoms with E-state index in [1.54, 1.807) is 0 Å². The fourth-order valence-electron chi connectivity index (χ4n) is 3.09. The van der Waals surface area contributed by atoms with E-state index in [2.05, 4.69) is 4.90 Å². The van der Waals surface area contributed by atoms with E-state index < -0.39 is 35.6 Å². The Morgan fingerprint density at radius 1 is 0.973 bits per heavy atom. The largest absolute Gasteiger partial charge is 0.494 e. The van der Waals surface area contributed by atoms with Crippen LogP contribution in [0.4, 0.5) is 13.2 Å². The number of ether oxygens (including phenoxy) is 1. The van der Waals surface area contributed by atoms with Crippen LogP contribution in [0.25, 0.3) is 0 Å². The molecule has 0 aromatic heterocycles. The Labute approximate surface area is 211 Å². The van der Waals surface area contributed by atoms with Crippen LogP contribution in [-0.2, 0) is 31.9 Å². The predicted molar refractivity (Wildman–Crippen MR) is 124 cm³/mol. The van der Waals surface area contributed by atoms with Gasteiger partial charge in [-0.1, -0.05) is 0 Å². The lowest BCUT2D eigenvalue weighted by molar-refractivity contribution is -0.143. The zero-order valence-corrected chi connectivity index (χ0v) is 20.4. The molecule has 11 nitrogen and oxygen atoms in total. The highest BCUT2D eigenvalue weighted by Crippen LogP contribution is 2.33. The van der Waals surface area contributed by atoms with Crippen molar-refractivity contribution in [3.05, 3.63) is 29.3 Å². The number of rotatable bonds is 11. The molecule has 1 aromatic carbocycles. The van der Waals surface area contributed by atoms with Gasteiger partial charge in [-0.3, -0.25) is 24.1 Å². The van der Waals surface area contributed by atoms with Crippen molar-refractivity contribution >= 4 is 23.9 Å². The van der Waals surface area contributed by atoms with E-state index in [9.17, 15) is 32.3 Å². The molecule has 1 aliphatic rings. The molecular formula is C23H33F3N2O9. The maximum absolute atomic E-state index is 12.8. The summed E-state index contributed by atoms with van der Waals surface area (Å²) in [5, 5.41) is 31.6. The quantitative estimate of drug-likeness (QED) is 0.279. The second kappa shape index (κ2) is 17.1. The molecule has 6 N–H and O–H groups in total. The maximum atomic E-state index is 12.8. The highest BCUT2D eigenvalue weighted by atomic mass is 19.4. The van der Waals surface area contributed by atoms with Gasteiger partial charge in [0.05, 0.1) is 37.9 Å². The monoisotopic (exact) mass is 538 g/mol. The molecule has 1 heterocycles. The Morgan fingerprint density at radius 3 is 1.81 bits per heavy atom. The first-order valence-corrected chi connectivity index (χ1v) is 11.3. The third-order valence-corrected chi connectivity index (χ3v) is 4.89. The van der Waals surface area contributed by atoms with E-state index in [1.165, 1.54) is 12.1 Å². The Kier molecular flexibility index (Phi) is 15.6. The lowest BCUT2D eigenvalue weighted by Crippen LogP contribution is -2.23. The molecule has 14 heteroatoms. The number of nitrogens with two attached hydrogens (primary N) is 1. The number of carboxylic acid groups (broad SMARTS) is 4. The lowest BCUT2D eigenvalue weighted by atomic mass is 10.1. The van der Waals surface area contributed by atoms with Crippen LogP contribution in [-0.4, -0.2) is 75.4 Å². The van der Waals surface area contributed by atoms with E-state index in [0.717, 1.165) is 25.6 Å². The number of halogens is 3. The molecule has 0 radical (unpaired) electrons. The summed E-state index contributed by atoms with van der Waals surface area (Å²) in [6.45, 7) is 5.04. The molecule has 1 aromatic rings. The van der Waals surface area contributed by atoms with Gasteiger partial charge in [-0.25, -0.2) is 0 Å². The summed E-state index contributed by atoms with van der Waals surface area (Å²) in [7, 11) is 0. The molecule has 0 bridgehead atoms. The first kappa shape index (κ1) is 33.6. The zero-order valence-electron chi connectivity index (χ0n) is 20.4. The second-order valence-electron chi connectivity index (χ2n) is 7.95. The Balaban J connectivity index is 0.000000669. The Bertz CT molecular complexity index is 839. The number of likely N-dealkylation sites (tertiary alicyclic amines) is 1. The summed E-state index contributed by atoms with van der Waals surface area (Å²) in [6, 6.07) is 3.68. The van der Waals surface area contributed by atoms with Gasteiger partial charge < -0.3 is 30.9 Å². The number of benzene rings is 1. The van der Waals surface area contributed by atoms with E-state index in [-0.39, 0.29) is 25.7 Å². The topological polar surface area (TPSA) is 188 Å². The van der Waals surface area contributed by atoms with Crippen LogP contribution < -0.4 is 10.5 Å². The van der Waals surface area contributed by atoms with Crippen molar-refractivity contribution in [3.63, 3.8) is 0 Å². The minimum Gasteiger partial charge on any atom is -0.494 e. The van der Waals surface area contributed by atoms with E-state index >= 15 is 0 Å². The van der Waals surface area contributed by atoms with Crippen LogP contribution in [0.1, 0.15) is 50.2 Å². The van der Waals surface area contributed by atoms with Crippen LogP contribution in [0.5, 0.6) is 5.75 Å². The maximum Gasteiger partial charge on any atom is 0.416 e. The number of nitrogens with zero attached hydrogens (tertiary/aromatic N) is 1. The molecule has 37 heavy (non-hydrogen) atoms. The van der Waals surface area contributed by atoms with Crippen molar-refractivity contribution in [2.45, 2.75) is 51.7 Å². The average molecular weight is 539 g/mol. The minimum atomic E-state index is -4.33. The molecule has 0 amide bonds. The predicted octanol–water partition coefficient (Wildman–Crippen LogP) is 2.76. The minimum absolute atomic E-state index is 0.296. The van der Waals surface area contributed by atoms with Crippen LogP contribution in [0.2, 0.25) is 0 Å². The molecule has 210 valence electrons. The normalized spacial score (nSPS) is 15.0. The molecule has 0 saturated carbocycles. The van der Waals surface area contributed by atoms with Gasteiger partial charge in [-0.2, -0.15) is 13.2 Å². The molecule has 1 aliphatic heterocycles. The van der Waals surface area contributed by atoms with Crippen molar-refractivity contribution in [1.82, 2.24) is 4.90 Å². The van der Waals surface area contributed by atoms with Crippen LogP contribution in [0.15, 0.2) is 18.2 Å². The molecule has 2 rings (SSSR count). The summed E-state index contributed by atoms with van der Waals surface area (Å²) in [6.07, 6.45) is -4.51. The fourth-order valence-corrected chi connectivity index (χ4v) is 3.09. The van der Waals surface area contributed by atoms with Gasteiger partial charge in [-0.05, 0) is 50.6 Å². The van der Waals surface area contributed by atoms with Crippen molar-refractivity contribution in [2.24, 2.45) is 11.7 Å². The van der Waals surface area contributed by atoms with Gasteiger partial charge in [0.2, 0.25) is 0 Å². The fraction of sp³-hybridized carbons (Fsp3) is 0.565. The molecule has 0 unspecified atom stereocenters. The summed E-state index contributed by atoms with van der Waals surface area (Å²) < 4.78 is 44.0. The summed E-state index contributed by atoms with van der Waals surface area (Å²) in [4.78, 5) is 40.7. The molecule has 0 spiro atoms. The second-order valence-corrected chi connectivity index (χ2v) is 7.95. The average Bonchev–Trinajstić information content (AvgIpc) is 3.25. The number of hydrogen-bond acceptors (Lipinski definition) is 7. The molecule has 1 fully saturated rings. The van der Waals surface area contributed by atoms with Crippen molar-refractivity contribution in [3.8, 4) is 5.75 Å². The first-order chi connectivity index (χ1) is 17.2. The van der Waals surface area contributed by atoms with Crippen LogP contribution >= 0.6 is 0 Å². The van der Waals surface area contributed by atoms with Crippen LogP contribution in [0, 0.1) is 5.92 Å². The van der Waals surface area contributed by atoms with E-state index in [4.69, 9.17) is 30.9 Å².